The number of ether oxygens (including phenoxy) is 1. The number of likely N-dealkylation sites (tertiary alicyclic amines) is 1. The van der Waals surface area contributed by atoms with Crippen molar-refractivity contribution in [2.75, 3.05) is 25.6 Å². The van der Waals surface area contributed by atoms with Crippen molar-refractivity contribution >= 4 is 23.6 Å². The van der Waals surface area contributed by atoms with E-state index < -0.39 is 6.09 Å². The maximum Gasteiger partial charge on any atom is 0.407 e. The van der Waals surface area contributed by atoms with Crippen LogP contribution in [-0.4, -0.2) is 53.6 Å². The van der Waals surface area contributed by atoms with Crippen molar-refractivity contribution in [1.82, 2.24) is 10.2 Å². The van der Waals surface area contributed by atoms with Crippen molar-refractivity contribution in [3.8, 4) is 5.75 Å². The molecule has 0 aromatic heterocycles. The molecule has 2 rings (SSSR count). The lowest BCUT2D eigenvalue weighted by molar-refractivity contribution is 0.0702. The number of amides is 2. The lowest BCUT2D eigenvalue weighted by Crippen LogP contribution is -2.46. The molecular formula is C15H19ClN2O4. The molecule has 1 aromatic rings. The fourth-order valence-electron chi connectivity index (χ4n) is 2.39. The number of phenolic OH excluding ortho intramolecular Hbond substituents is 1. The second-order valence-electron chi connectivity index (χ2n) is 5.09. The topological polar surface area (TPSA) is 78.9 Å². The number of halogens is 1. The third kappa shape index (κ3) is 4.53. The van der Waals surface area contributed by atoms with Gasteiger partial charge in [-0.15, -0.1) is 11.6 Å². The normalized spacial score (nSPS) is 15.4. The number of rotatable bonds is 4. The Labute approximate surface area is 134 Å². The lowest BCUT2D eigenvalue weighted by atomic mass is 10.0. The Morgan fingerprint density at radius 1 is 1.36 bits per heavy atom. The predicted octanol–water partition coefficient (Wildman–Crippen LogP) is 1.96. The maximum absolute atomic E-state index is 12.3. The van der Waals surface area contributed by atoms with Crippen LogP contribution in [0.25, 0.3) is 0 Å². The van der Waals surface area contributed by atoms with E-state index in [1.54, 1.807) is 17.0 Å². The number of hydrogen-bond acceptors (Lipinski definition) is 4. The molecule has 1 fully saturated rings. The summed E-state index contributed by atoms with van der Waals surface area (Å²) < 4.78 is 4.86. The number of alkyl carbamates (subject to hydrolysis) is 1. The van der Waals surface area contributed by atoms with E-state index in [0.29, 0.717) is 31.5 Å². The first-order valence-corrected chi connectivity index (χ1v) is 7.71. The van der Waals surface area contributed by atoms with Crippen LogP contribution < -0.4 is 5.32 Å². The molecule has 0 radical (unpaired) electrons. The van der Waals surface area contributed by atoms with Crippen molar-refractivity contribution < 1.29 is 19.4 Å². The number of carbonyl (C=O) groups excluding carboxylic acids is 2. The number of benzene rings is 1. The monoisotopic (exact) mass is 326 g/mol. The van der Waals surface area contributed by atoms with Gasteiger partial charge in [-0.25, -0.2) is 4.79 Å². The predicted molar refractivity (Wildman–Crippen MR) is 82.2 cm³/mol. The summed E-state index contributed by atoms with van der Waals surface area (Å²) in [5, 5.41) is 12.2. The summed E-state index contributed by atoms with van der Waals surface area (Å²) >= 11 is 5.44. The molecule has 0 aliphatic carbocycles. The van der Waals surface area contributed by atoms with Crippen LogP contribution in [-0.2, 0) is 4.74 Å². The number of alkyl halides is 1. The number of piperidine rings is 1. The fourth-order valence-corrected chi connectivity index (χ4v) is 2.47. The molecule has 0 bridgehead atoms. The molecule has 1 saturated heterocycles. The van der Waals surface area contributed by atoms with E-state index in [-0.39, 0.29) is 30.2 Å². The number of nitrogens with one attached hydrogen (secondary N) is 1. The molecule has 2 amide bonds. The van der Waals surface area contributed by atoms with Gasteiger partial charge in [0.15, 0.2) is 0 Å². The Morgan fingerprint density at radius 3 is 2.73 bits per heavy atom. The zero-order chi connectivity index (χ0) is 15.9. The summed E-state index contributed by atoms with van der Waals surface area (Å²) in [6.07, 6.45) is 0.861. The van der Waals surface area contributed by atoms with Gasteiger partial charge < -0.3 is 20.1 Å². The van der Waals surface area contributed by atoms with Gasteiger partial charge in [0.2, 0.25) is 0 Å². The molecule has 0 saturated carbocycles. The van der Waals surface area contributed by atoms with Gasteiger partial charge in [0.05, 0.1) is 5.88 Å². The van der Waals surface area contributed by atoms with Gasteiger partial charge in [-0.1, -0.05) is 6.07 Å². The second-order valence-corrected chi connectivity index (χ2v) is 5.46. The van der Waals surface area contributed by atoms with Gasteiger partial charge in [-0.2, -0.15) is 0 Å². The van der Waals surface area contributed by atoms with Crippen molar-refractivity contribution in [3.63, 3.8) is 0 Å². The molecule has 0 atom stereocenters. The number of carbonyl (C=O) groups is 2. The van der Waals surface area contributed by atoms with Gasteiger partial charge in [-0.05, 0) is 31.0 Å². The molecule has 1 heterocycles. The van der Waals surface area contributed by atoms with Crippen molar-refractivity contribution in [2.24, 2.45) is 0 Å². The third-order valence-corrected chi connectivity index (χ3v) is 3.66. The first-order chi connectivity index (χ1) is 10.6. The summed E-state index contributed by atoms with van der Waals surface area (Å²) in [6, 6.07) is 6.30. The highest BCUT2D eigenvalue weighted by Gasteiger charge is 2.25. The third-order valence-electron chi connectivity index (χ3n) is 3.51. The highest BCUT2D eigenvalue weighted by Crippen LogP contribution is 2.17. The van der Waals surface area contributed by atoms with E-state index in [0.717, 1.165) is 0 Å². The van der Waals surface area contributed by atoms with Crippen LogP contribution >= 0.6 is 11.6 Å². The van der Waals surface area contributed by atoms with Crippen LogP contribution in [0.4, 0.5) is 4.79 Å². The highest BCUT2D eigenvalue weighted by atomic mass is 35.5. The Kier molecular flexibility index (Phi) is 5.89. The second kappa shape index (κ2) is 7.89. The van der Waals surface area contributed by atoms with E-state index in [9.17, 15) is 14.7 Å². The Bertz CT molecular complexity index is 530. The quantitative estimate of drug-likeness (QED) is 0.829. The van der Waals surface area contributed by atoms with Crippen LogP contribution in [0.5, 0.6) is 5.75 Å². The molecule has 120 valence electrons. The molecule has 2 N–H and O–H groups in total. The first-order valence-electron chi connectivity index (χ1n) is 7.17. The van der Waals surface area contributed by atoms with E-state index in [4.69, 9.17) is 16.3 Å². The summed E-state index contributed by atoms with van der Waals surface area (Å²) in [4.78, 5) is 25.5. The molecule has 1 aromatic carbocycles. The van der Waals surface area contributed by atoms with Gasteiger partial charge in [0.25, 0.3) is 5.91 Å². The summed E-state index contributed by atoms with van der Waals surface area (Å²) in [7, 11) is 0. The van der Waals surface area contributed by atoms with E-state index in [1.807, 2.05) is 0 Å². The first kappa shape index (κ1) is 16.4. The van der Waals surface area contributed by atoms with Gasteiger partial charge in [0.1, 0.15) is 12.4 Å². The Morgan fingerprint density at radius 2 is 2.09 bits per heavy atom. The van der Waals surface area contributed by atoms with Crippen LogP contribution in [0, 0.1) is 0 Å². The van der Waals surface area contributed by atoms with Crippen molar-refractivity contribution in [3.05, 3.63) is 29.8 Å². The highest BCUT2D eigenvalue weighted by molar-refractivity contribution is 6.18. The molecular weight excluding hydrogens is 308 g/mol. The molecule has 7 heteroatoms. The molecule has 0 unspecified atom stereocenters. The molecule has 1 aliphatic heterocycles. The number of aromatic hydroxyl groups is 1. The van der Waals surface area contributed by atoms with Crippen LogP contribution in [0.1, 0.15) is 23.2 Å². The minimum Gasteiger partial charge on any atom is -0.508 e. The minimum atomic E-state index is -0.474. The van der Waals surface area contributed by atoms with Crippen LogP contribution in [0.15, 0.2) is 24.3 Å². The van der Waals surface area contributed by atoms with E-state index >= 15 is 0 Å². The molecule has 0 spiro atoms. The molecule has 6 nitrogen and oxygen atoms in total. The summed E-state index contributed by atoms with van der Waals surface area (Å²) in [6.45, 7) is 1.28. The van der Waals surface area contributed by atoms with E-state index in [2.05, 4.69) is 5.32 Å². The van der Waals surface area contributed by atoms with Gasteiger partial charge in [-0.3, -0.25) is 4.79 Å². The Hall–Kier alpha value is -1.95. The van der Waals surface area contributed by atoms with Crippen LogP contribution in [0.2, 0.25) is 0 Å². The summed E-state index contributed by atoms with van der Waals surface area (Å²) in [5.74, 6) is 0.230. The number of nitrogens with zero attached hydrogens (tertiary/aromatic N) is 1. The van der Waals surface area contributed by atoms with E-state index in [1.165, 1.54) is 12.1 Å². The van der Waals surface area contributed by atoms with Crippen molar-refractivity contribution in [2.45, 2.75) is 18.9 Å². The zero-order valence-electron chi connectivity index (χ0n) is 12.1. The van der Waals surface area contributed by atoms with Crippen molar-refractivity contribution in [1.29, 1.82) is 0 Å². The van der Waals surface area contributed by atoms with Gasteiger partial charge >= 0.3 is 6.09 Å². The average molecular weight is 327 g/mol. The number of hydrogen-bond donors (Lipinski definition) is 2. The fraction of sp³-hybridized carbons (Fsp3) is 0.467. The summed E-state index contributed by atoms with van der Waals surface area (Å²) in [5.41, 5.74) is 0.466. The zero-order valence-corrected chi connectivity index (χ0v) is 12.9. The largest absolute Gasteiger partial charge is 0.508 e. The smallest absolute Gasteiger partial charge is 0.407 e. The molecule has 1 aliphatic rings. The van der Waals surface area contributed by atoms with Crippen LogP contribution in [0.3, 0.4) is 0 Å². The maximum atomic E-state index is 12.3. The van der Waals surface area contributed by atoms with Gasteiger partial charge in [0, 0.05) is 24.7 Å². The average Bonchev–Trinajstić information content (AvgIpc) is 2.53. The minimum absolute atomic E-state index is 0.00366. The Balaban J connectivity index is 1.82. The lowest BCUT2D eigenvalue weighted by Gasteiger charge is -2.32. The molecule has 22 heavy (non-hydrogen) atoms. The SMILES string of the molecule is O=C(NC1CCN(C(=O)c2cccc(O)c2)CC1)OCCCl. The standard InChI is InChI=1S/C15H19ClN2O4/c16-6-9-22-15(21)17-12-4-7-18(8-5-12)14(20)11-2-1-3-13(19)10-11/h1-3,10,12,19H,4-9H2,(H,17,21). The number of phenols is 1.